The fraction of sp³-hybridized carbons (Fsp3) is 0.286. The highest BCUT2D eigenvalue weighted by atomic mass is 32.1. The first-order valence-corrected chi connectivity index (χ1v) is 11.7. The van der Waals surface area contributed by atoms with Crippen molar-refractivity contribution in [2.75, 3.05) is 38.0 Å². The summed E-state index contributed by atoms with van der Waals surface area (Å²) in [6.07, 6.45) is -4.76. The summed E-state index contributed by atoms with van der Waals surface area (Å²) in [4.78, 5) is 34.2. The molecule has 1 aromatic carbocycles. The lowest BCUT2D eigenvalue weighted by atomic mass is 10.2. The number of aromatic nitrogens is 1. The molecule has 3 aromatic rings. The van der Waals surface area contributed by atoms with Gasteiger partial charge in [-0.15, -0.1) is 35.8 Å². The summed E-state index contributed by atoms with van der Waals surface area (Å²) in [5, 5.41) is 7.20. The van der Waals surface area contributed by atoms with E-state index in [-0.39, 0.29) is 24.1 Å². The van der Waals surface area contributed by atoms with Gasteiger partial charge in [0, 0.05) is 37.2 Å². The van der Waals surface area contributed by atoms with Crippen molar-refractivity contribution in [3.05, 3.63) is 52.9 Å². The van der Waals surface area contributed by atoms with Crippen molar-refractivity contribution < 1.29 is 27.5 Å². The Hall–Kier alpha value is -2.96. The van der Waals surface area contributed by atoms with Crippen LogP contribution in [0.15, 0.2) is 47.2 Å². The molecule has 2 amide bonds. The maximum Gasteiger partial charge on any atom is 0.573 e. The van der Waals surface area contributed by atoms with E-state index in [4.69, 9.17) is 0 Å². The Labute approximate surface area is 195 Å². The Bertz CT molecular complexity index is 1090. The van der Waals surface area contributed by atoms with Gasteiger partial charge >= 0.3 is 6.36 Å². The van der Waals surface area contributed by atoms with E-state index in [9.17, 15) is 22.8 Å². The normalized spacial score (nSPS) is 14.8. The van der Waals surface area contributed by atoms with Crippen molar-refractivity contribution in [1.29, 1.82) is 0 Å². The van der Waals surface area contributed by atoms with Gasteiger partial charge in [-0.2, -0.15) is 0 Å². The molecule has 7 nitrogen and oxygen atoms in total. The number of thiazole rings is 1. The standard InChI is InChI=1S/C21H19F3N4O3S2/c22-21(23,24)31-15-5-3-14(4-6-15)25-18(29)12-27-7-9-28(10-8-27)20(30)16-13-33-19(26-16)17-2-1-11-32-17/h1-6,11,13H,7-10,12H2,(H,25,29). The van der Waals surface area contributed by atoms with Crippen LogP contribution in [0.25, 0.3) is 9.88 Å². The minimum Gasteiger partial charge on any atom is -0.406 e. The molecule has 0 unspecified atom stereocenters. The summed E-state index contributed by atoms with van der Waals surface area (Å²) in [6, 6.07) is 8.86. The van der Waals surface area contributed by atoms with Gasteiger partial charge in [0.15, 0.2) is 0 Å². The molecule has 12 heteroatoms. The van der Waals surface area contributed by atoms with Gasteiger partial charge in [-0.25, -0.2) is 4.98 Å². The number of anilines is 1. The maximum atomic E-state index is 12.8. The van der Waals surface area contributed by atoms with E-state index in [1.807, 2.05) is 22.4 Å². The highest BCUT2D eigenvalue weighted by Crippen LogP contribution is 2.28. The summed E-state index contributed by atoms with van der Waals surface area (Å²) >= 11 is 3.01. The third-order valence-electron chi connectivity index (χ3n) is 4.85. The Kier molecular flexibility index (Phi) is 6.96. The smallest absolute Gasteiger partial charge is 0.406 e. The number of carbonyl (C=O) groups excluding carboxylic acids is 2. The number of piperazine rings is 1. The molecule has 0 atom stereocenters. The predicted octanol–water partition coefficient (Wildman–Crippen LogP) is 4.17. The molecule has 1 aliphatic rings. The number of amides is 2. The predicted molar refractivity (Wildman–Crippen MR) is 120 cm³/mol. The molecule has 33 heavy (non-hydrogen) atoms. The van der Waals surface area contributed by atoms with Crippen molar-refractivity contribution in [2.24, 2.45) is 0 Å². The average molecular weight is 497 g/mol. The number of ether oxygens (including phenoxy) is 1. The molecule has 1 fully saturated rings. The summed E-state index contributed by atoms with van der Waals surface area (Å²) in [5.74, 6) is -0.775. The molecule has 0 spiro atoms. The van der Waals surface area contributed by atoms with Crippen LogP contribution in [0.3, 0.4) is 0 Å². The average Bonchev–Trinajstić information content (AvgIpc) is 3.46. The second kappa shape index (κ2) is 9.89. The molecule has 1 saturated heterocycles. The number of halogens is 3. The van der Waals surface area contributed by atoms with E-state index in [0.717, 1.165) is 22.0 Å². The number of alkyl halides is 3. The highest BCUT2D eigenvalue weighted by molar-refractivity contribution is 7.20. The van der Waals surface area contributed by atoms with Crippen molar-refractivity contribution in [2.45, 2.75) is 6.36 Å². The second-order valence-electron chi connectivity index (χ2n) is 7.20. The fourth-order valence-corrected chi connectivity index (χ4v) is 4.91. The lowest BCUT2D eigenvalue weighted by molar-refractivity contribution is -0.274. The van der Waals surface area contributed by atoms with Crippen LogP contribution in [0.1, 0.15) is 10.5 Å². The first-order valence-electron chi connectivity index (χ1n) is 9.93. The van der Waals surface area contributed by atoms with E-state index in [1.54, 1.807) is 21.6 Å². The molecular formula is C21H19F3N4O3S2. The third kappa shape index (κ3) is 6.30. The molecule has 0 aliphatic carbocycles. The van der Waals surface area contributed by atoms with Crippen LogP contribution < -0.4 is 10.1 Å². The number of rotatable bonds is 6. The quantitative estimate of drug-likeness (QED) is 0.555. The lowest BCUT2D eigenvalue weighted by Crippen LogP contribution is -2.50. The SMILES string of the molecule is O=C(CN1CCN(C(=O)c2csc(-c3cccs3)n2)CC1)Nc1ccc(OC(F)(F)F)cc1. The van der Waals surface area contributed by atoms with Crippen molar-refractivity contribution >= 4 is 40.2 Å². The molecule has 0 saturated carbocycles. The van der Waals surface area contributed by atoms with Crippen LogP contribution in [0.2, 0.25) is 0 Å². The van der Waals surface area contributed by atoms with Gasteiger partial charge < -0.3 is 15.0 Å². The summed E-state index contributed by atoms with van der Waals surface area (Å²) in [5.41, 5.74) is 0.793. The van der Waals surface area contributed by atoms with E-state index in [2.05, 4.69) is 15.0 Å². The number of thiophene rings is 1. The Morgan fingerprint density at radius 3 is 2.42 bits per heavy atom. The van der Waals surface area contributed by atoms with E-state index < -0.39 is 6.36 Å². The highest BCUT2D eigenvalue weighted by Gasteiger charge is 2.31. The first-order chi connectivity index (χ1) is 15.8. The third-order valence-corrected chi connectivity index (χ3v) is 6.73. The topological polar surface area (TPSA) is 74.8 Å². The largest absolute Gasteiger partial charge is 0.573 e. The second-order valence-corrected chi connectivity index (χ2v) is 9.01. The van der Waals surface area contributed by atoms with Crippen molar-refractivity contribution in [3.8, 4) is 15.6 Å². The Morgan fingerprint density at radius 2 is 1.79 bits per heavy atom. The first kappa shape index (κ1) is 23.2. The van der Waals surface area contributed by atoms with Gasteiger partial charge in [-0.05, 0) is 35.7 Å². The van der Waals surface area contributed by atoms with Crippen LogP contribution >= 0.6 is 22.7 Å². The van der Waals surface area contributed by atoms with Crippen LogP contribution in [0, 0.1) is 0 Å². The van der Waals surface area contributed by atoms with Crippen LogP contribution in [0.4, 0.5) is 18.9 Å². The van der Waals surface area contributed by atoms with Crippen molar-refractivity contribution in [1.82, 2.24) is 14.8 Å². The van der Waals surface area contributed by atoms with Crippen molar-refractivity contribution in [3.63, 3.8) is 0 Å². The Morgan fingerprint density at radius 1 is 1.06 bits per heavy atom. The number of nitrogens with zero attached hydrogens (tertiary/aromatic N) is 3. The molecule has 0 radical (unpaired) electrons. The molecule has 2 aromatic heterocycles. The summed E-state index contributed by atoms with van der Waals surface area (Å²) < 4.78 is 40.5. The van der Waals surface area contributed by atoms with Crippen LogP contribution in [-0.4, -0.2) is 65.7 Å². The summed E-state index contributed by atoms with van der Waals surface area (Å²) in [7, 11) is 0. The minimum absolute atomic E-state index is 0.113. The minimum atomic E-state index is -4.76. The molecule has 1 N–H and O–H groups in total. The summed E-state index contributed by atoms with van der Waals surface area (Å²) in [6.45, 7) is 2.11. The Balaban J connectivity index is 1.23. The number of hydrogen-bond donors (Lipinski definition) is 1. The molecule has 0 bridgehead atoms. The monoisotopic (exact) mass is 496 g/mol. The van der Waals surface area contributed by atoms with Gasteiger partial charge in [0.05, 0.1) is 11.4 Å². The van der Waals surface area contributed by atoms with Gasteiger partial charge in [0.25, 0.3) is 5.91 Å². The molecule has 4 rings (SSSR count). The van der Waals surface area contributed by atoms with Gasteiger partial charge in [0.1, 0.15) is 16.5 Å². The van der Waals surface area contributed by atoms with E-state index in [0.29, 0.717) is 37.6 Å². The zero-order chi connectivity index (χ0) is 23.4. The zero-order valence-corrected chi connectivity index (χ0v) is 18.8. The van der Waals surface area contributed by atoms with Gasteiger partial charge in [-0.3, -0.25) is 14.5 Å². The van der Waals surface area contributed by atoms with Gasteiger partial charge in [0.2, 0.25) is 5.91 Å². The molecule has 174 valence electrons. The zero-order valence-electron chi connectivity index (χ0n) is 17.2. The molecule has 3 heterocycles. The fourth-order valence-electron chi connectivity index (χ4n) is 3.30. The number of benzene rings is 1. The maximum absolute atomic E-state index is 12.8. The molecular weight excluding hydrogens is 477 g/mol. The van der Waals surface area contributed by atoms with E-state index >= 15 is 0 Å². The number of nitrogens with one attached hydrogen (secondary N) is 1. The molecule has 1 aliphatic heterocycles. The van der Waals surface area contributed by atoms with Gasteiger partial charge in [-0.1, -0.05) is 6.07 Å². The number of carbonyl (C=O) groups is 2. The lowest BCUT2D eigenvalue weighted by Gasteiger charge is -2.33. The van der Waals surface area contributed by atoms with Crippen LogP contribution in [0.5, 0.6) is 5.75 Å². The van der Waals surface area contributed by atoms with E-state index in [1.165, 1.54) is 23.5 Å². The van der Waals surface area contributed by atoms with Crippen LogP contribution in [-0.2, 0) is 4.79 Å². The number of hydrogen-bond acceptors (Lipinski definition) is 7.